The van der Waals surface area contributed by atoms with Crippen LogP contribution in [0.25, 0.3) is 10.9 Å². The van der Waals surface area contributed by atoms with E-state index in [1.165, 1.54) is 17.7 Å². The van der Waals surface area contributed by atoms with E-state index < -0.39 is 17.7 Å². The van der Waals surface area contributed by atoms with Gasteiger partial charge in [-0.2, -0.15) is 13.5 Å². The molecule has 0 saturated carbocycles. The van der Waals surface area contributed by atoms with Crippen LogP contribution in [0.1, 0.15) is 82.8 Å². The van der Waals surface area contributed by atoms with Crippen LogP contribution in [-0.2, 0) is 32.9 Å². The number of nitrogens with one attached hydrogen (secondary N) is 2. The fourth-order valence-electron chi connectivity index (χ4n) is 9.30. The number of rotatable bonds is 18. The molecule has 2 saturated heterocycles. The van der Waals surface area contributed by atoms with Crippen molar-refractivity contribution in [2.24, 2.45) is 11.8 Å². The Hall–Kier alpha value is -6.45. The zero-order valence-electron chi connectivity index (χ0n) is 38.7. The first kappa shape index (κ1) is 50.4. The molecule has 362 valence electrons. The SMILES string of the molecule is O=C(NCC(=O)N1CCC(COc2cccc([C@](O)(C(=O)OCC3CCN(Cc4ccccc4)CC3)c3ccccc3)c2)CC1)c1ccc(CCC[C@H](O)c2ccc(O)c3[nH]c(=O)ccc23)cc1.S. The highest BCUT2D eigenvalue weighted by Crippen LogP contribution is 2.35. The molecule has 0 radical (unpaired) electrons. The van der Waals surface area contributed by atoms with Gasteiger partial charge in [-0.1, -0.05) is 91.0 Å². The summed E-state index contributed by atoms with van der Waals surface area (Å²) in [4.78, 5) is 58.6. The highest BCUT2D eigenvalue weighted by Gasteiger charge is 2.42. The number of carbonyl (C=O) groups is 3. The summed E-state index contributed by atoms with van der Waals surface area (Å²) < 4.78 is 12.2. The van der Waals surface area contributed by atoms with E-state index in [4.69, 9.17) is 9.47 Å². The van der Waals surface area contributed by atoms with Gasteiger partial charge in [-0.25, -0.2) is 4.79 Å². The van der Waals surface area contributed by atoms with Crippen LogP contribution < -0.4 is 15.6 Å². The van der Waals surface area contributed by atoms with Crippen molar-refractivity contribution in [3.05, 3.63) is 177 Å². The number of aromatic hydroxyl groups is 1. The number of piperidine rings is 2. The Morgan fingerprint density at radius 2 is 1.42 bits per heavy atom. The van der Waals surface area contributed by atoms with E-state index in [0.717, 1.165) is 50.9 Å². The number of carbonyl (C=O) groups excluding carboxylic acids is 3. The molecule has 6 aromatic rings. The first-order valence-electron chi connectivity index (χ1n) is 23.7. The standard InChI is InChI=1S/C55H60N4O9.H2S/c60-48(46-21-23-49(61)52-47(46)22-24-50(62)57-52)16-7-11-38-17-19-42(20-18-38)53(64)56-34-51(63)59-31-27-41(28-32-59)36-67-45-15-8-14-44(33-45)55(66,43-12-5-2-6-13-43)54(65)68-37-40-25-29-58(30-26-40)35-39-9-3-1-4-10-39;/h1-6,8-10,12-15,17-24,33,40-41,48,60-61,66H,7,11,16,25-32,34-37H2,(H,56,64)(H,57,62);1H2/t48-,55-;/m0./s1. The molecule has 13 nitrogen and oxygen atoms in total. The van der Waals surface area contributed by atoms with Crippen molar-refractivity contribution in [2.75, 3.05) is 45.9 Å². The number of ether oxygens (including phenoxy) is 2. The molecule has 0 aliphatic carbocycles. The highest BCUT2D eigenvalue weighted by molar-refractivity contribution is 7.59. The summed E-state index contributed by atoms with van der Waals surface area (Å²) >= 11 is 0. The number of amides is 2. The number of H-pyrrole nitrogens is 1. The van der Waals surface area contributed by atoms with Crippen LogP contribution in [0.2, 0.25) is 0 Å². The van der Waals surface area contributed by atoms with E-state index in [9.17, 15) is 34.5 Å². The second-order valence-electron chi connectivity index (χ2n) is 18.1. The van der Waals surface area contributed by atoms with Crippen molar-refractivity contribution in [2.45, 2.75) is 63.2 Å². The fraction of sp³-hybridized carbons (Fsp3) is 0.345. The third kappa shape index (κ3) is 12.8. The Labute approximate surface area is 409 Å². The van der Waals surface area contributed by atoms with Crippen molar-refractivity contribution in [1.29, 1.82) is 0 Å². The molecular formula is C55H62N4O9S. The maximum atomic E-state index is 13.9. The van der Waals surface area contributed by atoms with Gasteiger partial charge in [0.1, 0.15) is 11.5 Å². The topological polar surface area (TPSA) is 182 Å². The van der Waals surface area contributed by atoms with Crippen molar-refractivity contribution in [1.82, 2.24) is 20.1 Å². The average Bonchev–Trinajstić information content (AvgIpc) is 3.38. The predicted octanol–water partition coefficient (Wildman–Crippen LogP) is 7.14. The molecule has 2 amide bonds. The van der Waals surface area contributed by atoms with Gasteiger partial charge in [-0.15, -0.1) is 0 Å². The minimum Gasteiger partial charge on any atom is -0.506 e. The van der Waals surface area contributed by atoms with Crippen LogP contribution in [0.15, 0.2) is 138 Å². The minimum absolute atomic E-state index is 0. The van der Waals surface area contributed by atoms with Gasteiger partial charge in [-0.05, 0) is 129 Å². The van der Waals surface area contributed by atoms with Gasteiger partial charge in [0.25, 0.3) is 5.91 Å². The van der Waals surface area contributed by atoms with Gasteiger partial charge in [0.15, 0.2) is 0 Å². The van der Waals surface area contributed by atoms with Crippen LogP contribution in [0.3, 0.4) is 0 Å². The Kier molecular flexibility index (Phi) is 17.3. The number of pyridine rings is 1. The molecule has 0 spiro atoms. The van der Waals surface area contributed by atoms with E-state index in [1.807, 2.05) is 24.3 Å². The van der Waals surface area contributed by atoms with E-state index in [2.05, 4.69) is 39.5 Å². The zero-order valence-corrected chi connectivity index (χ0v) is 39.7. The third-order valence-corrected chi connectivity index (χ3v) is 13.4. The second kappa shape index (κ2) is 23.7. The molecule has 5 N–H and O–H groups in total. The van der Waals surface area contributed by atoms with Gasteiger partial charge in [0, 0.05) is 42.2 Å². The minimum atomic E-state index is -2.04. The second-order valence-corrected chi connectivity index (χ2v) is 18.1. The molecule has 0 unspecified atom stereocenters. The first-order chi connectivity index (χ1) is 33.0. The van der Waals surface area contributed by atoms with E-state index in [0.29, 0.717) is 77.9 Å². The van der Waals surface area contributed by atoms with E-state index in [1.54, 1.807) is 77.7 Å². The maximum Gasteiger partial charge on any atom is 0.347 e. The number of hydrogen-bond acceptors (Lipinski definition) is 10. The molecule has 69 heavy (non-hydrogen) atoms. The van der Waals surface area contributed by atoms with Gasteiger partial charge >= 0.3 is 5.97 Å². The molecule has 2 fully saturated rings. The summed E-state index contributed by atoms with van der Waals surface area (Å²) in [6, 6.07) is 39.5. The Bertz CT molecular complexity index is 2700. The third-order valence-electron chi connectivity index (χ3n) is 13.4. The largest absolute Gasteiger partial charge is 0.506 e. The number of likely N-dealkylation sites (tertiary alicyclic amines) is 2. The summed E-state index contributed by atoms with van der Waals surface area (Å²) in [5, 5.41) is 36.6. The zero-order chi connectivity index (χ0) is 47.5. The number of benzene rings is 5. The number of aliphatic hydroxyl groups excluding tert-OH is 1. The lowest BCUT2D eigenvalue weighted by molar-refractivity contribution is -0.164. The van der Waals surface area contributed by atoms with Crippen LogP contribution in [0.4, 0.5) is 0 Å². The van der Waals surface area contributed by atoms with E-state index in [-0.39, 0.29) is 61.6 Å². The monoisotopic (exact) mass is 954 g/mol. The summed E-state index contributed by atoms with van der Waals surface area (Å²) in [7, 11) is 0. The van der Waals surface area contributed by atoms with Crippen molar-refractivity contribution >= 4 is 42.2 Å². The number of aromatic nitrogens is 1. The van der Waals surface area contributed by atoms with Crippen molar-refractivity contribution in [3.8, 4) is 11.5 Å². The number of hydrogen-bond donors (Lipinski definition) is 5. The van der Waals surface area contributed by atoms with Gasteiger partial charge in [0.2, 0.25) is 17.1 Å². The van der Waals surface area contributed by atoms with Gasteiger partial charge in [-0.3, -0.25) is 19.3 Å². The van der Waals surface area contributed by atoms with Crippen LogP contribution in [-0.4, -0.2) is 93.8 Å². The molecule has 2 aliphatic rings. The molecule has 8 rings (SSSR count). The number of fused-ring (bicyclic) bond motifs is 1. The quantitative estimate of drug-likeness (QED) is 0.0556. The summed E-state index contributed by atoms with van der Waals surface area (Å²) in [6.45, 7) is 4.29. The van der Waals surface area contributed by atoms with Gasteiger partial charge < -0.3 is 40.0 Å². The molecule has 5 aromatic carbocycles. The van der Waals surface area contributed by atoms with Crippen molar-refractivity contribution in [3.63, 3.8) is 0 Å². The molecule has 14 heteroatoms. The smallest absolute Gasteiger partial charge is 0.347 e. The van der Waals surface area contributed by atoms with Crippen LogP contribution in [0.5, 0.6) is 11.5 Å². The first-order valence-corrected chi connectivity index (χ1v) is 23.7. The number of aromatic amines is 1. The van der Waals surface area contributed by atoms with Crippen LogP contribution in [0, 0.1) is 11.8 Å². The number of esters is 1. The normalized spacial score (nSPS) is 15.9. The lowest BCUT2D eigenvalue weighted by Crippen LogP contribution is -2.44. The molecule has 2 aliphatic heterocycles. The Morgan fingerprint density at radius 1 is 0.754 bits per heavy atom. The molecule has 3 heterocycles. The molecule has 1 aromatic heterocycles. The van der Waals surface area contributed by atoms with Gasteiger partial charge in [0.05, 0.1) is 31.4 Å². The number of aliphatic hydroxyl groups is 2. The maximum absolute atomic E-state index is 13.9. The number of phenolic OH excluding ortho intramolecular Hbond substituents is 1. The molecular weight excluding hydrogens is 893 g/mol. The van der Waals surface area contributed by atoms with Crippen LogP contribution >= 0.6 is 13.5 Å². The molecule has 0 bridgehead atoms. The number of nitrogens with zero attached hydrogens (tertiary/aromatic N) is 2. The Morgan fingerprint density at radius 3 is 2.14 bits per heavy atom. The lowest BCUT2D eigenvalue weighted by Gasteiger charge is -2.33. The average molecular weight is 955 g/mol. The summed E-state index contributed by atoms with van der Waals surface area (Å²) in [5.74, 6) is -0.378. The highest BCUT2D eigenvalue weighted by atomic mass is 32.1. The number of phenols is 1. The van der Waals surface area contributed by atoms with E-state index >= 15 is 0 Å². The lowest BCUT2D eigenvalue weighted by atomic mass is 9.86. The summed E-state index contributed by atoms with van der Waals surface area (Å²) in [6.07, 6.45) is 4.24. The van der Waals surface area contributed by atoms with Crippen molar-refractivity contribution < 1.29 is 39.2 Å². The Balaban J connectivity index is 0.00000703. The molecule has 2 atom stereocenters. The predicted molar refractivity (Wildman–Crippen MR) is 269 cm³/mol. The number of aryl methyl sites for hydroxylation is 1. The summed E-state index contributed by atoms with van der Waals surface area (Å²) in [5.41, 5.74) is 2.04. The fourth-order valence-corrected chi connectivity index (χ4v) is 9.30.